The molecule has 10 heteroatoms. The molecule has 0 unspecified atom stereocenters. The Hall–Kier alpha value is -6.55. The van der Waals surface area contributed by atoms with Crippen LogP contribution in [0.4, 0.5) is 0 Å². The quantitative estimate of drug-likeness (QED) is 0.154. The van der Waals surface area contributed by atoms with Crippen molar-refractivity contribution in [1.82, 2.24) is 22.8 Å². The van der Waals surface area contributed by atoms with Crippen LogP contribution in [-0.2, 0) is 68.0 Å². The second kappa shape index (κ2) is 23.1. The summed E-state index contributed by atoms with van der Waals surface area (Å²) in [4.78, 5) is 0. The van der Waals surface area contributed by atoms with E-state index in [-0.39, 0.29) is 0 Å². The summed E-state index contributed by atoms with van der Waals surface area (Å²) in [5.74, 6) is 6.60. The molecule has 5 aromatic heterocycles. The fraction of sp³-hybridized carbons (Fsp3) is 0.462. The highest BCUT2D eigenvalue weighted by Crippen LogP contribution is 2.24. The minimum absolute atomic E-state index is 1.03. The Morgan fingerprint density at radius 1 is 0.347 bits per heavy atom. The molecule has 0 atom stereocenters. The number of hydrogen-bond donors (Lipinski definition) is 0. The molecular formula is C65H95N10+5. The van der Waals surface area contributed by atoms with Gasteiger partial charge >= 0.3 is 0 Å². The van der Waals surface area contributed by atoms with Crippen molar-refractivity contribution < 1.29 is 22.8 Å². The summed E-state index contributed by atoms with van der Waals surface area (Å²) in [6.07, 6.45) is 0. The van der Waals surface area contributed by atoms with Crippen molar-refractivity contribution in [3.05, 3.63) is 145 Å². The van der Waals surface area contributed by atoms with Gasteiger partial charge in [-0.15, -0.1) is 0 Å². The van der Waals surface area contributed by atoms with Gasteiger partial charge < -0.3 is 0 Å². The van der Waals surface area contributed by atoms with Gasteiger partial charge in [0.1, 0.15) is 0 Å². The highest BCUT2D eigenvalue weighted by atomic mass is 15.2. The van der Waals surface area contributed by atoms with Crippen LogP contribution in [0.1, 0.15) is 119 Å². The minimum Gasteiger partial charge on any atom is -0.230 e. The number of imidazole rings is 5. The van der Waals surface area contributed by atoms with Crippen molar-refractivity contribution in [1.29, 1.82) is 0 Å². The van der Waals surface area contributed by atoms with Gasteiger partial charge in [-0.2, -0.15) is 0 Å². The third-order valence-electron chi connectivity index (χ3n) is 16.8. The molecular weight excluding hydrogens is 921 g/mol. The third kappa shape index (κ3) is 10.6. The number of fused-ring (bicyclic) bond motifs is 5. The van der Waals surface area contributed by atoms with Gasteiger partial charge in [-0.1, -0.05) is 30.3 Å². The predicted molar refractivity (Wildman–Crippen MR) is 315 cm³/mol. The normalized spacial score (nSPS) is 11.3. The first-order chi connectivity index (χ1) is 35.3. The van der Waals surface area contributed by atoms with Crippen LogP contribution in [0.15, 0.2) is 60.7 Å². The van der Waals surface area contributed by atoms with E-state index in [1.54, 1.807) is 0 Å². The molecule has 10 rings (SSSR count). The van der Waals surface area contributed by atoms with Crippen LogP contribution in [0.25, 0.3) is 55.2 Å². The molecule has 0 aliphatic heterocycles. The number of nitrogens with zero attached hydrogens (tertiary/aromatic N) is 10. The molecule has 75 heavy (non-hydrogen) atoms. The highest BCUT2D eigenvalue weighted by molar-refractivity contribution is 5.80. The maximum atomic E-state index is 2.39. The first-order valence-corrected chi connectivity index (χ1v) is 27.6. The summed E-state index contributed by atoms with van der Waals surface area (Å²) < 4.78 is 23.3. The monoisotopic (exact) mass is 1020 g/mol. The summed E-state index contributed by atoms with van der Waals surface area (Å²) in [5, 5.41) is 0. The molecule has 0 aliphatic rings. The Balaban J connectivity index is 0.000000152. The first kappa shape index (κ1) is 57.7. The Morgan fingerprint density at radius 3 is 1.35 bits per heavy atom. The second-order valence-electron chi connectivity index (χ2n) is 21.3. The number of aromatic nitrogens is 10. The Bertz CT molecular complexity index is 3730. The van der Waals surface area contributed by atoms with Crippen molar-refractivity contribution >= 4 is 55.2 Å². The maximum absolute atomic E-state index is 2.39. The third-order valence-corrected chi connectivity index (χ3v) is 16.8. The van der Waals surface area contributed by atoms with E-state index < -0.39 is 0 Å². The standard InChI is InChI=1S/5C13H19N2/c1-6-15-11(4)14(5)12-7-9(2)10(3)8-13(12)15;1-6-15-11(4)14(5)13-10(3)7-9(2)8-12(13)15;1-6-15-11(4)14(5)12-8-9(2)7-10(3)13(12)15;1-6-15-11(4)14(5)13-10(3)9(2)7-8-12(13)15;1-6-15-11(4)14(5)12-9(2)7-8-10(3)13(12)15/h5*7-8H,6H2,1-5H3/q5*+1. The molecule has 0 amide bonds. The van der Waals surface area contributed by atoms with Gasteiger partial charge in [0.2, 0.25) is 0 Å². The van der Waals surface area contributed by atoms with Crippen molar-refractivity contribution in [3.63, 3.8) is 0 Å². The topological polar surface area (TPSA) is 44.0 Å². The smallest absolute Gasteiger partial charge is 0.230 e. The van der Waals surface area contributed by atoms with E-state index in [4.69, 9.17) is 0 Å². The molecule has 0 bridgehead atoms. The number of aryl methyl sites for hydroxylation is 20. The molecule has 0 saturated heterocycles. The summed E-state index contributed by atoms with van der Waals surface area (Å²) in [5.41, 5.74) is 27.2. The molecule has 0 saturated carbocycles. The second-order valence-corrected chi connectivity index (χ2v) is 21.3. The van der Waals surface area contributed by atoms with E-state index in [0.29, 0.717) is 0 Å². The van der Waals surface area contributed by atoms with E-state index in [0.717, 1.165) is 32.7 Å². The molecule has 10 nitrogen and oxygen atoms in total. The molecule has 10 aromatic rings. The minimum atomic E-state index is 1.03. The maximum Gasteiger partial charge on any atom is 0.254 e. The Labute approximate surface area is 450 Å². The van der Waals surface area contributed by atoms with Crippen molar-refractivity contribution in [2.24, 2.45) is 35.2 Å². The largest absolute Gasteiger partial charge is 0.254 e. The van der Waals surface area contributed by atoms with Crippen molar-refractivity contribution in [3.8, 4) is 0 Å². The van der Waals surface area contributed by atoms with Crippen LogP contribution in [0.3, 0.4) is 0 Å². The van der Waals surface area contributed by atoms with Gasteiger partial charge in [0.05, 0.1) is 68.0 Å². The number of benzene rings is 5. The van der Waals surface area contributed by atoms with E-state index in [1.807, 2.05) is 0 Å². The van der Waals surface area contributed by atoms with Crippen LogP contribution < -0.4 is 22.8 Å². The zero-order chi connectivity index (χ0) is 55.8. The van der Waals surface area contributed by atoms with Crippen LogP contribution in [0.2, 0.25) is 0 Å². The van der Waals surface area contributed by atoms with Gasteiger partial charge in [0.25, 0.3) is 29.1 Å². The van der Waals surface area contributed by atoms with Gasteiger partial charge in [-0.25, -0.2) is 45.7 Å². The highest BCUT2D eigenvalue weighted by Gasteiger charge is 2.24. The van der Waals surface area contributed by atoms with E-state index in [1.165, 1.54) is 140 Å². The lowest BCUT2D eigenvalue weighted by atomic mass is 10.1. The van der Waals surface area contributed by atoms with E-state index in [2.05, 4.69) is 280 Å². The van der Waals surface area contributed by atoms with Crippen LogP contribution in [0.5, 0.6) is 0 Å². The zero-order valence-electron chi connectivity index (χ0n) is 51.3. The first-order valence-electron chi connectivity index (χ1n) is 27.6. The predicted octanol–water partition coefficient (Wildman–Crippen LogP) is 12.1. The molecule has 0 spiro atoms. The summed E-state index contributed by atoms with van der Waals surface area (Å²) >= 11 is 0. The molecule has 5 aromatic carbocycles. The lowest BCUT2D eigenvalue weighted by molar-refractivity contribution is -0.675. The molecule has 0 radical (unpaired) electrons. The van der Waals surface area contributed by atoms with Gasteiger partial charge in [0.15, 0.2) is 55.2 Å². The fourth-order valence-corrected chi connectivity index (χ4v) is 11.9. The van der Waals surface area contributed by atoms with Crippen molar-refractivity contribution in [2.45, 2.75) is 171 Å². The number of rotatable bonds is 5. The van der Waals surface area contributed by atoms with E-state index in [9.17, 15) is 0 Å². The van der Waals surface area contributed by atoms with Gasteiger partial charge in [-0.3, -0.25) is 0 Å². The molecule has 400 valence electrons. The molecule has 0 N–H and O–H groups in total. The SMILES string of the molecule is CC[n+]1c(C)n(C)c2cc(C)cc(C)c21.CCn1c(C)[n+](C)c2c(C)c(C)ccc21.CCn1c(C)[n+](C)c2c(C)cc(C)cc21.CCn1c(C)[n+](C)c2c(C)ccc(C)c21.CCn1c(C)[n+](C)c2cc(C)c(C)cc21. The summed E-state index contributed by atoms with van der Waals surface area (Å²) in [6, 6.07) is 22.5. The molecule has 0 aliphatic carbocycles. The zero-order valence-corrected chi connectivity index (χ0v) is 51.3. The van der Waals surface area contributed by atoms with Crippen LogP contribution in [0, 0.1) is 104 Å². The summed E-state index contributed by atoms with van der Waals surface area (Å²) in [7, 11) is 10.7. The fourth-order valence-electron chi connectivity index (χ4n) is 11.9. The lowest BCUT2D eigenvalue weighted by Gasteiger charge is -1.99. The average Bonchev–Trinajstić information content (AvgIpc) is 4.04. The van der Waals surface area contributed by atoms with Crippen LogP contribution in [-0.4, -0.2) is 22.8 Å². The van der Waals surface area contributed by atoms with Crippen LogP contribution >= 0.6 is 0 Å². The van der Waals surface area contributed by atoms with Gasteiger partial charge in [-0.05, 0) is 162 Å². The molecule has 5 heterocycles. The Kier molecular flexibility index (Phi) is 17.8. The lowest BCUT2D eigenvalue weighted by Crippen LogP contribution is -2.35. The van der Waals surface area contributed by atoms with E-state index >= 15 is 0 Å². The van der Waals surface area contributed by atoms with Gasteiger partial charge in [0, 0.05) is 62.4 Å². The average molecular weight is 1020 g/mol. The molecule has 0 fully saturated rings. The number of hydrogen-bond acceptors (Lipinski definition) is 0. The summed E-state index contributed by atoms with van der Waals surface area (Å²) in [6.45, 7) is 48.9. The Morgan fingerprint density at radius 2 is 0.787 bits per heavy atom. The van der Waals surface area contributed by atoms with Crippen molar-refractivity contribution in [2.75, 3.05) is 0 Å².